The van der Waals surface area contributed by atoms with Gasteiger partial charge < -0.3 is 19.5 Å². The van der Waals surface area contributed by atoms with Crippen LogP contribution in [0.1, 0.15) is 18.9 Å². The number of carbonyl (C=O) groups excluding carboxylic acids is 2. The third kappa shape index (κ3) is 4.64. The van der Waals surface area contributed by atoms with Gasteiger partial charge >= 0.3 is 11.9 Å². The lowest BCUT2D eigenvalue weighted by Gasteiger charge is -2.31. The smallest absolute Gasteiger partial charge is 0.309 e. The lowest BCUT2D eigenvalue weighted by Crippen LogP contribution is -2.30. The second kappa shape index (κ2) is 7.73. The molecule has 0 heterocycles. The highest BCUT2D eigenvalue weighted by Crippen LogP contribution is 2.59. The van der Waals surface area contributed by atoms with E-state index in [9.17, 15) is 24.2 Å². The molecule has 0 saturated heterocycles. The van der Waals surface area contributed by atoms with Crippen LogP contribution in [-0.2, 0) is 29.0 Å². The van der Waals surface area contributed by atoms with E-state index in [4.69, 9.17) is 0 Å². The summed E-state index contributed by atoms with van der Waals surface area (Å²) < 4.78 is 21.7. The van der Waals surface area contributed by atoms with Gasteiger partial charge in [0.15, 0.2) is 5.34 Å². The molecular formula is C15H21O7P. The van der Waals surface area contributed by atoms with Crippen LogP contribution in [0, 0.1) is 5.92 Å². The van der Waals surface area contributed by atoms with Crippen LogP contribution in [0.4, 0.5) is 0 Å². The molecule has 0 radical (unpaired) electrons. The first-order valence-electron chi connectivity index (χ1n) is 6.90. The molecule has 128 valence electrons. The fraction of sp³-hybridized carbons (Fsp3) is 0.467. The van der Waals surface area contributed by atoms with Crippen molar-refractivity contribution in [3.63, 3.8) is 0 Å². The Bertz CT molecular complexity index is 597. The predicted octanol–water partition coefficient (Wildman–Crippen LogP) is 1.47. The standard InChI is InChI=1S/C15H21O7P/c1-15(18,12-7-5-4-6-8-12)23(19,20)10-11(14(17)22-3)9-13(16)21-2/h4-8,11,18H,9-10H2,1-3H3,(H,19,20). The van der Waals surface area contributed by atoms with E-state index in [0.29, 0.717) is 0 Å². The van der Waals surface area contributed by atoms with Gasteiger partial charge in [-0.15, -0.1) is 0 Å². The Balaban J connectivity index is 3.07. The molecule has 0 spiro atoms. The van der Waals surface area contributed by atoms with Crippen LogP contribution < -0.4 is 0 Å². The number of hydrogen-bond acceptors (Lipinski definition) is 6. The van der Waals surface area contributed by atoms with Gasteiger partial charge in [0.1, 0.15) is 0 Å². The maximum Gasteiger partial charge on any atom is 0.309 e. The molecule has 23 heavy (non-hydrogen) atoms. The van der Waals surface area contributed by atoms with Gasteiger partial charge in [0.2, 0.25) is 7.37 Å². The van der Waals surface area contributed by atoms with E-state index >= 15 is 0 Å². The summed E-state index contributed by atoms with van der Waals surface area (Å²) in [6, 6.07) is 7.97. The third-order valence-electron chi connectivity index (χ3n) is 3.64. The van der Waals surface area contributed by atoms with Crippen LogP contribution in [0.15, 0.2) is 30.3 Å². The van der Waals surface area contributed by atoms with E-state index in [1.165, 1.54) is 19.1 Å². The molecule has 1 rings (SSSR count). The maximum absolute atomic E-state index is 12.7. The number of benzene rings is 1. The zero-order valence-corrected chi connectivity index (χ0v) is 14.2. The molecule has 0 aliphatic rings. The largest absolute Gasteiger partial charge is 0.469 e. The van der Waals surface area contributed by atoms with Gasteiger partial charge in [0.05, 0.1) is 26.6 Å². The molecular weight excluding hydrogens is 323 g/mol. The Kier molecular flexibility index (Phi) is 6.50. The molecule has 1 aromatic carbocycles. The molecule has 3 unspecified atom stereocenters. The first-order valence-corrected chi connectivity index (χ1v) is 8.74. The number of rotatable bonds is 7. The van der Waals surface area contributed by atoms with Crippen LogP contribution in [-0.4, -0.2) is 42.3 Å². The summed E-state index contributed by atoms with van der Waals surface area (Å²) >= 11 is 0. The quantitative estimate of drug-likeness (QED) is 0.569. The van der Waals surface area contributed by atoms with Crippen molar-refractivity contribution in [2.45, 2.75) is 18.7 Å². The van der Waals surface area contributed by atoms with Crippen molar-refractivity contribution in [2.24, 2.45) is 5.92 Å². The monoisotopic (exact) mass is 344 g/mol. The molecule has 2 N–H and O–H groups in total. The fourth-order valence-corrected chi connectivity index (χ4v) is 3.89. The molecule has 0 aliphatic heterocycles. The molecule has 0 aliphatic carbocycles. The lowest BCUT2D eigenvalue weighted by atomic mass is 10.1. The van der Waals surface area contributed by atoms with E-state index in [1.807, 2.05) is 0 Å². The first kappa shape index (κ1) is 19.4. The van der Waals surface area contributed by atoms with E-state index in [0.717, 1.165) is 14.2 Å². The summed E-state index contributed by atoms with van der Waals surface area (Å²) in [6.07, 6.45) is -1.00. The Morgan fingerprint density at radius 1 is 1.22 bits per heavy atom. The van der Waals surface area contributed by atoms with Crippen LogP contribution >= 0.6 is 7.37 Å². The molecule has 0 amide bonds. The number of methoxy groups -OCH3 is 2. The number of ether oxygens (including phenoxy) is 2. The summed E-state index contributed by atoms with van der Waals surface area (Å²) in [5.74, 6) is -2.70. The summed E-state index contributed by atoms with van der Waals surface area (Å²) in [6.45, 7) is 1.20. The topological polar surface area (TPSA) is 110 Å². The van der Waals surface area contributed by atoms with Crippen molar-refractivity contribution >= 4 is 19.3 Å². The Morgan fingerprint density at radius 2 is 1.78 bits per heavy atom. The van der Waals surface area contributed by atoms with Crippen molar-refractivity contribution in [3.8, 4) is 0 Å². The normalized spacial score (nSPS) is 17.4. The van der Waals surface area contributed by atoms with Crippen molar-refractivity contribution in [1.82, 2.24) is 0 Å². The van der Waals surface area contributed by atoms with Gasteiger partial charge in [-0.2, -0.15) is 0 Å². The zero-order chi connectivity index (χ0) is 17.7. The van der Waals surface area contributed by atoms with E-state index < -0.39 is 43.2 Å². The van der Waals surface area contributed by atoms with E-state index in [2.05, 4.69) is 9.47 Å². The lowest BCUT2D eigenvalue weighted by molar-refractivity contribution is -0.151. The van der Waals surface area contributed by atoms with Crippen molar-refractivity contribution in [1.29, 1.82) is 0 Å². The number of aliphatic hydroxyl groups is 1. The second-order valence-corrected chi connectivity index (χ2v) is 7.91. The van der Waals surface area contributed by atoms with Gasteiger partial charge in [-0.05, 0) is 12.5 Å². The SMILES string of the molecule is COC(=O)CC(CP(=O)(O)C(C)(O)c1ccccc1)C(=O)OC. The third-order valence-corrected chi connectivity index (χ3v) is 6.20. The number of carbonyl (C=O) groups is 2. The highest BCUT2D eigenvalue weighted by molar-refractivity contribution is 7.59. The Labute approximate surface area is 134 Å². The van der Waals surface area contributed by atoms with Crippen LogP contribution in [0.25, 0.3) is 0 Å². The highest BCUT2D eigenvalue weighted by Gasteiger charge is 2.46. The van der Waals surface area contributed by atoms with E-state index in [1.54, 1.807) is 18.2 Å². The average Bonchev–Trinajstić information content (AvgIpc) is 2.53. The predicted molar refractivity (Wildman–Crippen MR) is 82.8 cm³/mol. The maximum atomic E-state index is 12.7. The van der Waals surface area contributed by atoms with Crippen molar-refractivity contribution in [3.05, 3.63) is 35.9 Å². The van der Waals surface area contributed by atoms with Crippen LogP contribution in [0.3, 0.4) is 0 Å². The molecule has 7 nitrogen and oxygen atoms in total. The van der Waals surface area contributed by atoms with Crippen molar-refractivity contribution in [2.75, 3.05) is 20.4 Å². The molecule has 3 atom stereocenters. The van der Waals surface area contributed by atoms with Gasteiger partial charge in [-0.25, -0.2) is 0 Å². The average molecular weight is 344 g/mol. The van der Waals surface area contributed by atoms with Crippen LogP contribution in [0.5, 0.6) is 0 Å². The number of esters is 2. The minimum absolute atomic E-state index is 0.243. The molecule has 0 fully saturated rings. The molecule has 0 bridgehead atoms. The minimum atomic E-state index is -4.26. The summed E-state index contributed by atoms with van der Waals surface area (Å²) in [5.41, 5.74) is 0.243. The first-order chi connectivity index (χ1) is 10.7. The van der Waals surface area contributed by atoms with Crippen LogP contribution in [0.2, 0.25) is 0 Å². The van der Waals surface area contributed by atoms with E-state index in [-0.39, 0.29) is 5.56 Å². The Morgan fingerprint density at radius 3 is 2.26 bits per heavy atom. The minimum Gasteiger partial charge on any atom is -0.469 e. The molecule has 0 saturated carbocycles. The molecule has 1 aromatic rings. The van der Waals surface area contributed by atoms with Gasteiger partial charge in [0, 0.05) is 6.16 Å². The van der Waals surface area contributed by atoms with Crippen molar-refractivity contribution < 1.29 is 33.6 Å². The molecule has 0 aromatic heterocycles. The molecule has 8 heteroatoms. The second-order valence-electron chi connectivity index (χ2n) is 5.27. The Hall–Kier alpha value is -1.69. The summed E-state index contributed by atoms with van der Waals surface area (Å²) in [5, 5.41) is 8.47. The van der Waals surface area contributed by atoms with Gasteiger partial charge in [-0.3, -0.25) is 14.2 Å². The van der Waals surface area contributed by atoms with Gasteiger partial charge in [0.25, 0.3) is 0 Å². The summed E-state index contributed by atoms with van der Waals surface area (Å²) in [4.78, 5) is 33.5. The zero-order valence-electron chi connectivity index (χ0n) is 13.3. The fourth-order valence-electron chi connectivity index (χ4n) is 2.11. The number of hydrogen-bond donors (Lipinski definition) is 2. The van der Waals surface area contributed by atoms with Gasteiger partial charge in [-0.1, -0.05) is 30.3 Å². The highest BCUT2D eigenvalue weighted by atomic mass is 31.2. The summed E-state index contributed by atoms with van der Waals surface area (Å²) in [7, 11) is -2.00.